The first-order valence-corrected chi connectivity index (χ1v) is 5.60. The fraction of sp³-hybridized carbons (Fsp3) is 0.750. The quantitative estimate of drug-likeness (QED) is 0.692. The van der Waals surface area contributed by atoms with E-state index < -0.39 is 5.97 Å². The molecule has 0 aromatic carbocycles. The molecule has 1 aliphatic carbocycles. The van der Waals surface area contributed by atoms with Gasteiger partial charge in [0.05, 0.1) is 6.54 Å². The van der Waals surface area contributed by atoms with E-state index in [0.717, 1.165) is 13.0 Å². The number of nitrogens with zero attached hydrogens (tertiary/aromatic N) is 1. The Hall–Kier alpha value is -1.01. The lowest BCUT2D eigenvalue weighted by Gasteiger charge is -2.21. The third-order valence-electron chi connectivity index (χ3n) is 3.70. The second-order valence-electron chi connectivity index (χ2n) is 4.49. The Kier molecular flexibility index (Phi) is 2.97. The van der Waals surface area contributed by atoms with E-state index >= 15 is 0 Å². The van der Waals surface area contributed by atoms with Crippen molar-refractivity contribution in [1.82, 2.24) is 4.90 Å². The van der Waals surface area contributed by atoms with Crippen LogP contribution in [-0.2, 0) is 4.79 Å². The summed E-state index contributed by atoms with van der Waals surface area (Å²) in [5.41, 5.74) is 0. The maximum absolute atomic E-state index is 11.2. The minimum atomic E-state index is -0.665. The first-order chi connectivity index (χ1) is 7.24. The van der Waals surface area contributed by atoms with Gasteiger partial charge >= 0.3 is 5.97 Å². The van der Waals surface area contributed by atoms with Crippen molar-refractivity contribution in [2.24, 2.45) is 11.8 Å². The second-order valence-corrected chi connectivity index (χ2v) is 4.49. The molecule has 2 fully saturated rings. The van der Waals surface area contributed by atoms with Crippen molar-refractivity contribution in [2.45, 2.75) is 32.2 Å². The van der Waals surface area contributed by atoms with E-state index in [0.29, 0.717) is 18.4 Å². The highest BCUT2D eigenvalue weighted by atomic mass is 16.4. The number of rotatable bonds is 2. The number of fused-ring (bicyclic) bond motifs is 1. The maximum Gasteiger partial charge on any atom is 0.321 e. The molecule has 0 radical (unpaired) electrons. The van der Waals surface area contributed by atoms with Crippen molar-refractivity contribution in [1.29, 1.82) is 0 Å². The molecule has 0 bridgehead atoms. The highest BCUT2D eigenvalue weighted by Gasteiger charge is 2.47. The molecule has 0 aromatic heterocycles. The number of likely N-dealkylation sites (tertiary alicyclic amines) is 1. The molecule has 3 unspecified atom stereocenters. The van der Waals surface area contributed by atoms with Gasteiger partial charge in [0, 0.05) is 6.54 Å². The summed E-state index contributed by atoms with van der Waals surface area (Å²) in [4.78, 5) is 13.3. The third-order valence-corrected chi connectivity index (χ3v) is 3.70. The summed E-state index contributed by atoms with van der Waals surface area (Å²) in [7, 11) is 0. The Balaban J connectivity index is 2.10. The van der Waals surface area contributed by atoms with E-state index in [4.69, 9.17) is 0 Å². The van der Waals surface area contributed by atoms with E-state index in [-0.39, 0.29) is 6.04 Å². The Morgan fingerprint density at radius 1 is 1.53 bits per heavy atom. The molecule has 1 saturated carbocycles. The van der Waals surface area contributed by atoms with Gasteiger partial charge in [0.2, 0.25) is 0 Å². The Morgan fingerprint density at radius 3 is 3.00 bits per heavy atom. The first kappa shape index (κ1) is 10.5. The monoisotopic (exact) mass is 207 g/mol. The molecule has 3 atom stereocenters. The lowest BCUT2D eigenvalue weighted by atomic mass is 9.94. The van der Waals surface area contributed by atoms with E-state index in [1.54, 1.807) is 6.92 Å². The fourth-order valence-corrected chi connectivity index (χ4v) is 3.08. The van der Waals surface area contributed by atoms with Crippen LogP contribution in [0.15, 0.2) is 0 Å². The molecule has 2 rings (SSSR count). The molecule has 0 aromatic rings. The summed E-state index contributed by atoms with van der Waals surface area (Å²) in [6, 6.07) is -0.279. The molecule has 0 spiro atoms. The molecule has 82 valence electrons. The second kappa shape index (κ2) is 4.24. The minimum absolute atomic E-state index is 0.279. The average molecular weight is 207 g/mol. The molecule has 1 aliphatic heterocycles. The van der Waals surface area contributed by atoms with Gasteiger partial charge in [0.25, 0.3) is 0 Å². The molecule has 2 aliphatic rings. The smallest absolute Gasteiger partial charge is 0.321 e. The average Bonchev–Trinajstić information content (AvgIpc) is 2.72. The lowest BCUT2D eigenvalue weighted by Crippen LogP contribution is -2.39. The summed E-state index contributed by atoms with van der Waals surface area (Å²) < 4.78 is 0. The molecular weight excluding hydrogens is 190 g/mol. The van der Waals surface area contributed by atoms with E-state index in [1.165, 1.54) is 12.8 Å². The zero-order chi connectivity index (χ0) is 10.8. The van der Waals surface area contributed by atoms with Crippen molar-refractivity contribution in [3.63, 3.8) is 0 Å². The van der Waals surface area contributed by atoms with Gasteiger partial charge in [0.1, 0.15) is 6.04 Å². The van der Waals surface area contributed by atoms with Crippen LogP contribution in [0.4, 0.5) is 0 Å². The van der Waals surface area contributed by atoms with Gasteiger partial charge < -0.3 is 5.11 Å². The van der Waals surface area contributed by atoms with E-state index in [9.17, 15) is 9.90 Å². The van der Waals surface area contributed by atoms with Crippen LogP contribution >= 0.6 is 0 Å². The Morgan fingerprint density at radius 2 is 2.33 bits per heavy atom. The van der Waals surface area contributed by atoms with Crippen LogP contribution in [0.2, 0.25) is 0 Å². The van der Waals surface area contributed by atoms with Gasteiger partial charge in [-0.15, -0.1) is 5.92 Å². The summed E-state index contributed by atoms with van der Waals surface area (Å²) in [6.45, 7) is 3.34. The van der Waals surface area contributed by atoms with Crippen LogP contribution in [0.3, 0.4) is 0 Å². The molecule has 1 N–H and O–H groups in total. The summed E-state index contributed by atoms with van der Waals surface area (Å²) >= 11 is 0. The zero-order valence-corrected chi connectivity index (χ0v) is 9.07. The van der Waals surface area contributed by atoms with Gasteiger partial charge in [-0.25, -0.2) is 0 Å². The molecule has 1 heterocycles. The van der Waals surface area contributed by atoms with Crippen molar-refractivity contribution < 1.29 is 9.90 Å². The molecular formula is C12H17NO2. The number of hydrogen-bond donors (Lipinski definition) is 1. The van der Waals surface area contributed by atoms with Crippen molar-refractivity contribution in [3.05, 3.63) is 0 Å². The Labute approximate surface area is 90.5 Å². The summed E-state index contributed by atoms with van der Waals surface area (Å²) in [5, 5.41) is 9.24. The molecule has 3 nitrogen and oxygen atoms in total. The van der Waals surface area contributed by atoms with Gasteiger partial charge in [-0.1, -0.05) is 12.3 Å². The normalized spacial score (nSPS) is 34.6. The van der Waals surface area contributed by atoms with Crippen molar-refractivity contribution in [2.75, 3.05) is 13.1 Å². The van der Waals surface area contributed by atoms with E-state index in [1.807, 2.05) is 4.90 Å². The highest BCUT2D eigenvalue weighted by molar-refractivity contribution is 5.74. The predicted molar refractivity (Wildman–Crippen MR) is 57.3 cm³/mol. The van der Waals surface area contributed by atoms with Crippen LogP contribution < -0.4 is 0 Å². The molecule has 3 heteroatoms. The van der Waals surface area contributed by atoms with Crippen LogP contribution in [0.1, 0.15) is 26.2 Å². The van der Waals surface area contributed by atoms with Crippen LogP contribution in [0.5, 0.6) is 0 Å². The van der Waals surface area contributed by atoms with Gasteiger partial charge in [-0.05, 0) is 31.6 Å². The van der Waals surface area contributed by atoms with Gasteiger partial charge in [0.15, 0.2) is 0 Å². The van der Waals surface area contributed by atoms with Crippen LogP contribution in [-0.4, -0.2) is 35.1 Å². The van der Waals surface area contributed by atoms with Crippen LogP contribution in [0, 0.1) is 23.7 Å². The van der Waals surface area contributed by atoms with Crippen molar-refractivity contribution >= 4 is 5.97 Å². The highest BCUT2D eigenvalue weighted by Crippen LogP contribution is 2.41. The predicted octanol–water partition coefficient (Wildman–Crippen LogP) is 1.19. The number of aliphatic carboxylic acids is 1. The molecule has 0 amide bonds. The minimum Gasteiger partial charge on any atom is -0.480 e. The number of hydrogen-bond acceptors (Lipinski definition) is 2. The molecule has 15 heavy (non-hydrogen) atoms. The van der Waals surface area contributed by atoms with Crippen LogP contribution in [0.25, 0.3) is 0 Å². The Bertz CT molecular complexity index is 315. The number of carbonyl (C=O) groups is 1. The topological polar surface area (TPSA) is 40.5 Å². The third kappa shape index (κ3) is 1.87. The largest absolute Gasteiger partial charge is 0.480 e. The standard InChI is InChI=1S/C12H17NO2/c1-2-3-7-13-8-9-5-4-6-10(9)11(13)12(14)15/h9-11H,4-8H2,1H3,(H,14,15). The van der Waals surface area contributed by atoms with Gasteiger partial charge in [-0.2, -0.15) is 0 Å². The zero-order valence-electron chi connectivity index (χ0n) is 9.07. The fourth-order valence-electron chi connectivity index (χ4n) is 3.08. The molecule has 1 saturated heterocycles. The lowest BCUT2D eigenvalue weighted by molar-refractivity contribution is -0.143. The summed E-state index contributed by atoms with van der Waals surface area (Å²) in [6.07, 6.45) is 3.48. The van der Waals surface area contributed by atoms with Gasteiger partial charge in [-0.3, -0.25) is 9.69 Å². The number of carboxylic acids is 1. The first-order valence-electron chi connectivity index (χ1n) is 5.60. The number of carboxylic acid groups (broad SMARTS) is 1. The summed E-state index contributed by atoms with van der Waals surface area (Å²) in [5.74, 6) is 6.13. The van der Waals surface area contributed by atoms with Crippen molar-refractivity contribution in [3.8, 4) is 11.8 Å². The maximum atomic E-state index is 11.2. The van der Waals surface area contributed by atoms with E-state index in [2.05, 4.69) is 11.8 Å². The SMILES string of the molecule is CC#CCN1CC2CCCC2C1C(=O)O.